The summed E-state index contributed by atoms with van der Waals surface area (Å²) in [5, 5.41) is 7.51. The van der Waals surface area contributed by atoms with Crippen LogP contribution in [0.3, 0.4) is 0 Å². The van der Waals surface area contributed by atoms with Crippen molar-refractivity contribution < 1.29 is 4.79 Å². The van der Waals surface area contributed by atoms with Crippen LogP contribution in [0, 0.1) is 0 Å². The van der Waals surface area contributed by atoms with Gasteiger partial charge in [-0.3, -0.25) is 9.89 Å². The molecule has 0 unspecified atom stereocenters. The lowest BCUT2D eigenvalue weighted by Crippen LogP contribution is -2.36. The smallest absolute Gasteiger partial charge is 0.236 e. The van der Waals surface area contributed by atoms with Gasteiger partial charge in [0.2, 0.25) is 11.1 Å². The van der Waals surface area contributed by atoms with Gasteiger partial charge in [0, 0.05) is 18.7 Å². The van der Waals surface area contributed by atoms with E-state index >= 15 is 0 Å². The molecule has 0 aliphatic heterocycles. The van der Waals surface area contributed by atoms with Crippen LogP contribution in [0.2, 0.25) is 0 Å². The number of hydrogen-bond acceptors (Lipinski definition) is 4. The van der Waals surface area contributed by atoms with E-state index in [1.807, 2.05) is 79.4 Å². The molecule has 0 aliphatic rings. The first-order valence-electron chi connectivity index (χ1n) is 8.64. The average Bonchev–Trinajstić information content (AvgIpc) is 3.15. The van der Waals surface area contributed by atoms with E-state index in [9.17, 15) is 4.79 Å². The van der Waals surface area contributed by atoms with E-state index < -0.39 is 0 Å². The van der Waals surface area contributed by atoms with Crippen molar-refractivity contribution in [3.05, 3.63) is 66.2 Å². The van der Waals surface area contributed by atoms with E-state index in [1.54, 1.807) is 0 Å². The van der Waals surface area contributed by atoms with E-state index in [-0.39, 0.29) is 11.2 Å². The van der Waals surface area contributed by atoms with Gasteiger partial charge < -0.3 is 4.90 Å². The van der Waals surface area contributed by atoms with Gasteiger partial charge in [-0.15, -0.1) is 5.10 Å². The van der Waals surface area contributed by atoms with Crippen molar-refractivity contribution in [1.29, 1.82) is 0 Å². The van der Waals surface area contributed by atoms with Crippen molar-refractivity contribution in [1.82, 2.24) is 20.1 Å². The van der Waals surface area contributed by atoms with Gasteiger partial charge in [-0.05, 0) is 19.4 Å². The van der Waals surface area contributed by atoms with Crippen molar-refractivity contribution in [2.24, 2.45) is 0 Å². The van der Waals surface area contributed by atoms with Crippen LogP contribution < -0.4 is 0 Å². The minimum Gasteiger partial charge on any atom is -0.338 e. The Kier molecular flexibility index (Phi) is 6.07. The number of H-pyrrole nitrogens is 1. The van der Waals surface area contributed by atoms with Crippen LogP contribution in [0.5, 0.6) is 0 Å². The molecule has 1 atom stereocenters. The third-order valence-corrected chi connectivity index (χ3v) is 5.00. The number of carbonyl (C=O) groups excluding carboxylic acids is 1. The molecule has 1 amide bonds. The molecule has 0 saturated carbocycles. The SMILES string of the molecule is CCN(Cc1ccccc1)C(=O)[C@@H](C)Sc1n[nH]c(-c2ccccc2)n1. The topological polar surface area (TPSA) is 61.9 Å². The maximum Gasteiger partial charge on any atom is 0.236 e. The highest BCUT2D eigenvalue weighted by molar-refractivity contribution is 8.00. The number of thioether (sulfide) groups is 1. The normalized spacial score (nSPS) is 11.9. The van der Waals surface area contributed by atoms with Crippen LogP contribution in [0.4, 0.5) is 0 Å². The largest absolute Gasteiger partial charge is 0.338 e. The van der Waals surface area contributed by atoms with Crippen LogP contribution in [0.25, 0.3) is 11.4 Å². The first-order valence-corrected chi connectivity index (χ1v) is 9.52. The lowest BCUT2D eigenvalue weighted by molar-refractivity contribution is -0.130. The lowest BCUT2D eigenvalue weighted by Gasteiger charge is -2.23. The number of aromatic nitrogens is 3. The summed E-state index contributed by atoms with van der Waals surface area (Å²) in [4.78, 5) is 19.2. The molecule has 5 nitrogen and oxygen atoms in total. The van der Waals surface area contributed by atoms with Gasteiger partial charge in [0.25, 0.3) is 0 Å². The molecule has 26 heavy (non-hydrogen) atoms. The summed E-state index contributed by atoms with van der Waals surface area (Å²) in [6.07, 6.45) is 0. The number of benzene rings is 2. The molecule has 3 rings (SSSR count). The van der Waals surface area contributed by atoms with Crippen LogP contribution >= 0.6 is 11.8 Å². The Morgan fingerprint density at radius 1 is 1.12 bits per heavy atom. The third-order valence-electron chi connectivity index (χ3n) is 4.05. The van der Waals surface area contributed by atoms with Crippen LogP contribution in [0.1, 0.15) is 19.4 Å². The number of nitrogens with zero attached hydrogens (tertiary/aromatic N) is 3. The number of hydrogen-bond donors (Lipinski definition) is 1. The first kappa shape index (κ1) is 18.2. The van der Waals surface area contributed by atoms with Crippen molar-refractivity contribution >= 4 is 17.7 Å². The van der Waals surface area contributed by atoms with E-state index in [4.69, 9.17) is 0 Å². The number of rotatable bonds is 7. The highest BCUT2D eigenvalue weighted by Crippen LogP contribution is 2.24. The minimum atomic E-state index is -0.252. The fourth-order valence-corrected chi connectivity index (χ4v) is 3.45. The van der Waals surface area contributed by atoms with Gasteiger partial charge in [0.15, 0.2) is 5.82 Å². The summed E-state index contributed by atoms with van der Waals surface area (Å²) in [7, 11) is 0. The monoisotopic (exact) mass is 366 g/mol. The van der Waals surface area contributed by atoms with Crippen LogP contribution in [0.15, 0.2) is 65.8 Å². The van der Waals surface area contributed by atoms with Crippen molar-refractivity contribution in [3.63, 3.8) is 0 Å². The predicted octanol–water partition coefficient (Wildman–Crippen LogP) is 4.00. The maximum absolute atomic E-state index is 12.8. The Balaban J connectivity index is 1.64. The molecule has 2 aromatic carbocycles. The Morgan fingerprint density at radius 2 is 1.77 bits per heavy atom. The number of aromatic amines is 1. The first-order chi connectivity index (χ1) is 12.7. The summed E-state index contributed by atoms with van der Waals surface area (Å²) in [5.74, 6) is 0.803. The Hall–Kier alpha value is -2.60. The summed E-state index contributed by atoms with van der Waals surface area (Å²) in [6, 6.07) is 19.9. The molecule has 1 heterocycles. The van der Waals surface area contributed by atoms with E-state index in [1.165, 1.54) is 11.8 Å². The second-order valence-electron chi connectivity index (χ2n) is 5.93. The van der Waals surface area contributed by atoms with Crippen molar-refractivity contribution in [2.75, 3.05) is 6.54 Å². The number of nitrogens with one attached hydrogen (secondary N) is 1. The van der Waals surface area contributed by atoms with Crippen LogP contribution in [-0.4, -0.2) is 37.8 Å². The number of carbonyl (C=O) groups is 1. The van der Waals surface area contributed by atoms with Crippen molar-refractivity contribution in [2.45, 2.75) is 30.8 Å². The van der Waals surface area contributed by atoms with E-state index in [0.717, 1.165) is 11.1 Å². The molecule has 0 spiro atoms. The quantitative estimate of drug-likeness (QED) is 0.642. The van der Waals surface area contributed by atoms with Gasteiger partial charge in [-0.1, -0.05) is 72.4 Å². The molecule has 0 radical (unpaired) electrons. The fraction of sp³-hybridized carbons (Fsp3) is 0.250. The lowest BCUT2D eigenvalue weighted by atomic mass is 10.2. The zero-order valence-corrected chi connectivity index (χ0v) is 15.7. The molecule has 0 saturated heterocycles. The zero-order chi connectivity index (χ0) is 18.4. The second kappa shape index (κ2) is 8.67. The molecule has 6 heteroatoms. The fourth-order valence-electron chi connectivity index (χ4n) is 2.64. The van der Waals surface area contributed by atoms with Crippen molar-refractivity contribution in [3.8, 4) is 11.4 Å². The van der Waals surface area contributed by atoms with Gasteiger partial charge in [0.1, 0.15) is 0 Å². The molecular formula is C20H22N4OS. The molecule has 1 aromatic heterocycles. The molecule has 0 bridgehead atoms. The molecule has 0 fully saturated rings. The molecule has 3 aromatic rings. The van der Waals surface area contributed by atoms with E-state index in [2.05, 4.69) is 15.2 Å². The van der Waals surface area contributed by atoms with Crippen LogP contribution in [-0.2, 0) is 11.3 Å². The summed E-state index contributed by atoms with van der Waals surface area (Å²) in [5.41, 5.74) is 2.11. The highest BCUT2D eigenvalue weighted by atomic mass is 32.2. The predicted molar refractivity (Wildman–Crippen MR) is 105 cm³/mol. The average molecular weight is 366 g/mol. The Bertz CT molecular complexity index is 835. The Labute approximate surface area is 157 Å². The third kappa shape index (κ3) is 4.52. The molecular weight excluding hydrogens is 344 g/mol. The summed E-state index contributed by atoms with van der Waals surface area (Å²) in [6.45, 7) is 5.18. The Morgan fingerprint density at radius 3 is 2.42 bits per heavy atom. The summed E-state index contributed by atoms with van der Waals surface area (Å²) >= 11 is 1.38. The zero-order valence-electron chi connectivity index (χ0n) is 14.9. The standard InChI is InChI=1S/C20H22N4OS/c1-3-24(14-16-10-6-4-7-11-16)19(25)15(2)26-20-21-18(22-23-20)17-12-8-5-9-13-17/h4-13,15H,3,14H2,1-2H3,(H,21,22,23)/t15-/m1/s1. The molecule has 1 N–H and O–H groups in total. The van der Waals surface area contributed by atoms with Gasteiger partial charge in [0.05, 0.1) is 5.25 Å². The second-order valence-corrected chi connectivity index (χ2v) is 7.24. The minimum absolute atomic E-state index is 0.0902. The van der Waals surface area contributed by atoms with Gasteiger partial charge in [-0.2, -0.15) is 0 Å². The molecule has 0 aliphatic carbocycles. The van der Waals surface area contributed by atoms with E-state index in [0.29, 0.717) is 24.1 Å². The molecule has 134 valence electrons. The number of amides is 1. The summed E-state index contributed by atoms with van der Waals surface area (Å²) < 4.78 is 0. The maximum atomic E-state index is 12.8. The van der Waals surface area contributed by atoms with Gasteiger partial charge >= 0.3 is 0 Å². The highest BCUT2D eigenvalue weighted by Gasteiger charge is 2.22. The van der Waals surface area contributed by atoms with Gasteiger partial charge in [-0.25, -0.2) is 4.98 Å².